The zero-order valence-electron chi connectivity index (χ0n) is 13.9. The average molecular weight is 343 g/mol. The number of nitrogens with zero attached hydrogens (tertiary/aromatic N) is 2. The molecule has 3 rings (SSSR count). The highest BCUT2D eigenvalue weighted by Gasteiger charge is 2.45. The van der Waals surface area contributed by atoms with Crippen LogP contribution in [-0.2, 0) is 4.79 Å². The number of halogens is 1. The van der Waals surface area contributed by atoms with Crippen molar-refractivity contribution in [3.05, 3.63) is 70.4 Å². The van der Waals surface area contributed by atoms with Gasteiger partial charge in [0.25, 0.3) is 0 Å². The SMILES string of the molecule is Cc1cccc(F)c1[N+](=O)N1CCC[C@H](C(=O)O)[C@@H]1c1ccccc1. The molecule has 25 heavy (non-hydrogen) atoms. The van der Waals surface area contributed by atoms with E-state index in [1.165, 1.54) is 11.1 Å². The second-order valence-electron chi connectivity index (χ2n) is 6.28. The quantitative estimate of drug-likeness (QED) is 0.853. The normalized spacial score (nSPS) is 20.3. The highest BCUT2D eigenvalue weighted by molar-refractivity contribution is 5.71. The van der Waals surface area contributed by atoms with Gasteiger partial charge in [-0.3, -0.25) is 4.79 Å². The third-order valence-electron chi connectivity index (χ3n) is 4.68. The number of hydrogen-bond donors (Lipinski definition) is 1. The summed E-state index contributed by atoms with van der Waals surface area (Å²) in [6, 6.07) is 12.9. The summed E-state index contributed by atoms with van der Waals surface area (Å²) >= 11 is 0. The molecule has 1 aliphatic heterocycles. The van der Waals surface area contributed by atoms with Gasteiger partial charge >= 0.3 is 11.7 Å². The highest BCUT2D eigenvalue weighted by atomic mass is 19.1. The second-order valence-corrected chi connectivity index (χ2v) is 6.28. The topological polar surface area (TPSA) is 60.6 Å². The Hall–Kier alpha value is -2.76. The number of para-hydroxylation sites is 1. The van der Waals surface area contributed by atoms with Crippen molar-refractivity contribution in [3.63, 3.8) is 0 Å². The molecule has 0 bridgehead atoms. The van der Waals surface area contributed by atoms with Gasteiger partial charge in [-0.15, -0.1) is 5.01 Å². The van der Waals surface area contributed by atoms with E-state index in [1.807, 2.05) is 18.2 Å². The number of piperidine rings is 1. The number of aryl methyl sites for hydroxylation is 1. The molecule has 0 aromatic heterocycles. The smallest absolute Gasteiger partial charge is 0.330 e. The summed E-state index contributed by atoms with van der Waals surface area (Å²) in [4.78, 5) is 25.3. The third kappa shape index (κ3) is 3.24. The molecule has 6 heteroatoms. The van der Waals surface area contributed by atoms with Crippen molar-refractivity contribution in [2.24, 2.45) is 5.92 Å². The van der Waals surface area contributed by atoms with Gasteiger partial charge in [0.2, 0.25) is 5.82 Å². The van der Waals surface area contributed by atoms with Crippen molar-refractivity contribution < 1.29 is 19.2 Å². The number of hydrogen-bond acceptors (Lipinski definition) is 2. The summed E-state index contributed by atoms with van der Waals surface area (Å²) in [5.74, 6) is -2.28. The Morgan fingerprint density at radius 1 is 1.20 bits per heavy atom. The first-order valence-corrected chi connectivity index (χ1v) is 8.27. The van der Waals surface area contributed by atoms with E-state index in [1.54, 1.807) is 31.2 Å². The van der Waals surface area contributed by atoms with Crippen LogP contribution in [0.15, 0.2) is 48.5 Å². The maximum Gasteiger partial charge on any atom is 0.330 e. The molecule has 1 aliphatic rings. The minimum Gasteiger partial charge on any atom is -0.481 e. The Bertz CT molecular complexity index is 774. The van der Waals surface area contributed by atoms with Crippen LogP contribution in [0.2, 0.25) is 0 Å². The fourth-order valence-electron chi connectivity index (χ4n) is 3.49. The second kappa shape index (κ2) is 7.01. The minimum atomic E-state index is -0.947. The summed E-state index contributed by atoms with van der Waals surface area (Å²) in [5, 5.41) is 11.1. The Kier molecular flexibility index (Phi) is 4.79. The van der Waals surface area contributed by atoms with Gasteiger partial charge in [-0.1, -0.05) is 42.5 Å². The zero-order valence-corrected chi connectivity index (χ0v) is 13.9. The van der Waals surface area contributed by atoms with Gasteiger partial charge in [0.05, 0.1) is 17.4 Å². The maximum atomic E-state index is 14.3. The molecule has 2 atom stereocenters. The Morgan fingerprint density at radius 3 is 2.56 bits per heavy atom. The molecular weight excluding hydrogens is 323 g/mol. The van der Waals surface area contributed by atoms with Crippen LogP contribution in [0.25, 0.3) is 0 Å². The van der Waals surface area contributed by atoms with Crippen LogP contribution in [-0.4, -0.2) is 27.5 Å². The number of carbonyl (C=O) groups is 1. The molecule has 0 spiro atoms. The molecule has 1 heterocycles. The summed E-state index contributed by atoms with van der Waals surface area (Å²) in [6.45, 7) is 2.04. The summed E-state index contributed by atoms with van der Waals surface area (Å²) < 4.78 is 14.3. The van der Waals surface area contributed by atoms with Crippen molar-refractivity contribution in [1.29, 1.82) is 0 Å². The van der Waals surface area contributed by atoms with Crippen LogP contribution >= 0.6 is 0 Å². The molecule has 0 aliphatic carbocycles. The van der Waals surface area contributed by atoms with Crippen molar-refractivity contribution in [2.45, 2.75) is 25.8 Å². The molecule has 1 saturated heterocycles. The minimum absolute atomic E-state index is 0.0607. The molecule has 1 N–H and O–H groups in total. The average Bonchev–Trinajstić information content (AvgIpc) is 2.61. The number of carboxylic acid groups (broad SMARTS) is 1. The van der Waals surface area contributed by atoms with E-state index >= 15 is 0 Å². The Labute approximate surface area is 145 Å². The van der Waals surface area contributed by atoms with Crippen LogP contribution in [0.4, 0.5) is 10.1 Å². The molecule has 0 amide bonds. The largest absolute Gasteiger partial charge is 0.481 e. The number of rotatable bonds is 4. The van der Waals surface area contributed by atoms with E-state index in [-0.39, 0.29) is 5.69 Å². The lowest BCUT2D eigenvalue weighted by Crippen LogP contribution is -2.45. The first-order valence-electron chi connectivity index (χ1n) is 8.27. The van der Waals surface area contributed by atoms with Crippen molar-refractivity contribution in [1.82, 2.24) is 5.01 Å². The fourth-order valence-corrected chi connectivity index (χ4v) is 3.49. The van der Waals surface area contributed by atoms with Gasteiger partial charge in [-0.2, -0.15) is 4.39 Å². The molecule has 0 radical (unpaired) electrons. The lowest BCUT2D eigenvalue weighted by molar-refractivity contribution is -0.658. The molecule has 1 fully saturated rings. The molecule has 2 aromatic rings. The van der Waals surface area contributed by atoms with Crippen LogP contribution in [0.3, 0.4) is 0 Å². The van der Waals surface area contributed by atoms with Gasteiger partial charge in [0.1, 0.15) is 6.04 Å². The molecule has 5 nitrogen and oxygen atoms in total. The van der Waals surface area contributed by atoms with Crippen molar-refractivity contribution >= 4 is 11.7 Å². The van der Waals surface area contributed by atoms with E-state index in [0.29, 0.717) is 29.8 Å². The number of aliphatic carboxylic acids is 1. The first kappa shape index (κ1) is 17.1. The molecule has 130 valence electrons. The summed E-state index contributed by atoms with van der Waals surface area (Å²) in [6.07, 6.45) is 1.04. The number of nitroso groups, excluding NO2 is 1. The van der Waals surface area contributed by atoms with E-state index in [9.17, 15) is 19.2 Å². The molecule has 2 aromatic carbocycles. The Balaban J connectivity index is 2.05. The van der Waals surface area contributed by atoms with Gasteiger partial charge in [-0.05, 0) is 31.4 Å². The van der Waals surface area contributed by atoms with Crippen LogP contribution in [0, 0.1) is 23.6 Å². The first-order chi connectivity index (χ1) is 12.0. The van der Waals surface area contributed by atoms with Crippen molar-refractivity contribution in [3.8, 4) is 0 Å². The molecule has 0 saturated carbocycles. The maximum absolute atomic E-state index is 14.3. The van der Waals surface area contributed by atoms with Crippen LogP contribution < -0.4 is 0 Å². The predicted octanol–water partition coefficient (Wildman–Crippen LogP) is 4.00. The number of hydrazine groups is 1. The van der Waals surface area contributed by atoms with Crippen molar-refractivity contribution in [2.75, 3.05) is 6.54 Å². The van der Waals surface area contributed by atoms with E-state index in [2.05, 4.69) is 0 Å². The monoisotopic (exact) mass is 343 g/mol. The lowest BCUT2D eigenvalue weighted by Gasteiger charge is -2.34. The number of carboxylic acids is 1. The number of benzene rings is 2. The van der Waals surface area contributed by atoms with E-state index in [4.69, 9.17) is 0 Å². The van der Waals surface area contributed by atoms with Gasteiger partial charge in [0, 0.05) is 5.56 Å². The van der Waals surface area contributed by atoms with Gasteiger partial charge in [0.15, 0.2) is 4.87 Å². The van der Waals surface area contributed by atoms with Crippen LogP contribution in [0.5, 0.6) is 0 Å². The Morgan fingerprint density at radius 2 is 1.92 bits per heavy atom. The predicted molar refractivity (Wildman–Crippen MR) is 90.7 cm³/mol. The fraction of sp³-hybridized carbons (Fsp3) is 0.316. The molecular formula is C19H20FN2O3+. The van der Waals surface area contributed by atoms with E-state index in [0.717, 1.165) is 5.56 Å². The van der Waals surface area contributed by atoms with Crippen LogP contribution in [0.1, 0.15) is 30.0 Å². The van der Waals surface area contributed by atoms with Gasteiger partial charge < -0.3 is 5.11 Å². The standard InChI is InChI=1S/C19H19FN2O3/c1-13-7-5-11-16(20)17(13)22(25)21-12-6-10-15(19(23)24)18(21)14-8-3-2-4-9-14/h2-5,7-9,11,15,18H,6,10,12H2,1H3/p+1/t15-,18-/m0/s1. The summed E-state index contributed by atoms with van der Waals surface area (Å²) in [7, 11) is 0. The zero-order chi connectivity index (χ0) is 18.0. The lowest BCUT2D eigenvalue weighted by atomic mass is 9.85. The summed E-state index contributed by atoms with van der Waals surface area (Å²) in [5.41, 5.74) is 1.19. The third-order valence-corrected chi connectivity index (χ3v) is 4.68. The van der Waals surface area contributed by atoms with Gasteiger partial charge in [-0.25, -0.2) is 0 Å². The molecule has 0 unspecified atom stereocenters. The highest BCUT2D eigenvalue weighted by Crippen LogP contribution is 2.38. The van der Waals surface area contributed by atoms with E-state index < -0.39 is 23.7 Å².